The highest BCUT2D eigenvalue weighted by Crippen LogP contribution is 2.39. The summed E-state index contributed by atoms with van der Waals surface area (Å²) in [7, 11) is 1.79. The van der Waals surface area contributed by atoms with Crippen LogP contribution >= 0.6 is 0 Å². The number of pyridine rings is 1. The Morgan fingerprint density at radius 3 is 2.46 bits per heavy atom. The molecule has 1 aromatic heterocycles. The molecule has 1 atom stereocenters. The maximum Gasteiger partial charge on any atom is 0.335 e. The molecular formula is C21H24N4O3. The van der Waals surface area contributed by atoms with Crippen LogP contribution < -0.4 is 15.1 Å². The van der Waals surface area contributed by atoms with Crippen molar-refractivity contribution in [3.63, 3.8) is 0 Å². The average Bonchev–Trinajstić information content (AvgIpc) is 3.21. The lowest BCUT2D eigenvalue weighted by Crippen LogP contribution is -2.54. The van der Waals surface area contributed by atoms with Gasteiger partial charge in [0, 0.05) is 18.8 Å². The second-order valence-corrected chi connectivity index (χ2v) is 7.47. The van der Waals surface area contributed by atoms with Crippen molar-refractivity contribution in [3.8, 4) is 0 Å². The van der Waals surface area contributed by atoms with Crippen molar-refractivity contribution in [1.82, 2.24) is 4.98 Å². The molecule has 1 saturated carbocycles. The summed E-state index contributed by atoms with van der Waals surface area (Å²) >= 11 is 0. The van der Waals surface area contributed by atoms with Crippen molar-refractivity contribution >= 4 is 34.9 Å². The van der Waals surface area contributed by atoms with Crippen molar-refractivity contribution in [2.24, 2.45) is 0 Å². The largest absolute Gasteiger partial charge is 0.478 e. The lowest BCUT2D eigenvalue weighted by molar-refractivity contribution is -0.119. The smallest absolute Gasteiger partial charge is 0.335 e. The van der Waals surface area contributed by atoms with Gasteiger partial charge in [0.1, 0.15) is 11.9 Å². The Kier molecular flexibility index (Phi) is 4.66. The van der Waals surface area contributed by atoms with Gasteiger partial charge in [-0.1, -0.05) is 12.8 Å². The van der Waals surface area contributed by atoms with E-state index >= 15 is 0 Å². The topological polar surface area (TPSA) is 85.8 Å². The van der Waals surface area contributed by atoms with Gasteiger partial charge in [0.2, 0.25) is 5.91 Å². The van der Waals surface area contributed by atoms with Gasteiger partial charge in [0.25, 0.3) is 0 Å². The maximum atomic E-state index is 12.7. The molecule has 1 fully saturated rings. The van der Waals surface area contributed by atoms with Crippen LogP contribution in [0.15, 0.2) is 36.4 Å². The predicted octanol–water partition coefficient (Wildman–Crippen LogP) is 3.64. The quantitative estimate of drug-likeness (QED) is 0.842. The number of aromatic carboxylic acids is 1. The Hall–Kier alpha value is -3.09. The first-order valence-corrected chi connectivity index (χ1v) is 9.63. The van der Waals surface area contributed by atoms with Crippen LogP contribution in [0.2, 0.25) is 0 Å². The zero-order valence-electron chi connectivity index (χ0n) is 16.1. The van der Waals surface area contributed by atoms with E-state index in [-0.39, 0.29) is 17.5 Å². The highest BCUT2D eigenvalue weighted by atomic mass is 16.4. The Balaban J connectivity index is 1.67. The molecule has 0 saturated heterocycles. The highest BCUT2D eigenvalue weighted by molar-refractivity contribution is 6.04. The number of carboxylic acids is 1. The highest BCUT2D eigenvalue weighted by Gasteiger charge is 2.39. The molecule has 0 unspecified atom stereocenters. The molecule has 146 valence electrons. The van der Waals surface area contributed by atoms with Crippen molar-refractivity contribution in [1.29, 1.82) is 0 Å². The SMILES string of the molecule is C[C@@H]1C(=O)N(C)c2ccc(Nc3ccc(C(=O)O)cc3)nc2N1C1CCCC1. The molecule has 7 nitrogen and oxygen atoms in total. The summed E-state index contributed by atoms with van der Waals surface area (Å²) in [6.45, 7) is 1.95. The standard InChI is InChI=1S/C21H24N4O3/c1-13-20(26)24(2)17-11-12-18(22-15-9-7-14(8-10-15)21(27)28)23-19(17)25(13)16-5-3-4-6-16/h7-13,16H,3-6H2,1-2H3,(H,22,23)(H,27,28)/t13-/m1/s1. The van der Waals surface area contributed by atoms with Crippen LogP contribution in [0.5, 0.6) is 0 Å². The van der Waals surface area contributed by atoms with E-state index in [0.717, 1.165) is 30.0 Å². The third kappa shape index (κ3) is 3.17. The zero-order valence-corrected chi connectivity index (χ0v) is 16.1. The Morgan fingerprint density at radius 1 is 1.14 bits per heavy atom. The van der Waals surface area contributed by atoms with Gasteiger partial charge in [-0.15, -0.1) is 0 Å². The van der Waals surface area contributed by atoms with Crippen molar-refractivity contribution < 1.29 is 14.7 Å². The molecule has 0 radical (unpaired) electrons. The number of likely N-dealkylation sites (N-methyl/N-ethyl adjacent to an activating group) is 1. The number of fused-ring (bicyclic) bond motifs is 1. The summed E-state index contributed by atoms with van der Waals surface area (Å²) in [5.74, 6) is 0.631. The van der Waals surface area contributed by atoms with E-state index in [1.54, 1.807) is 36.2 Å². The summed E-state index contributed by atoms with van der Waals surface area (Å²) in [6, 6.07) is 10.4. The third-order valence-corrected chi connectivity index (χ3v) is 5.69. The van der Waals surface area contributed by atoms with Gasteiger partial charge in [-0.3, -0.25) is 4.79 Å². The summed E-state index contributed by atoms with van der Waals surface area (Å²) < 4.78 is 0. The molecule has 0 bridgehead atoms. The molecule has 1 aliphatic carbocycles. The number of anilines is 4. The van der Waals surface area contributed by atoms with Crippen molar-refractivity contribution in [3.05, 3.63) is 42.0 Å². The minimum Gasteiger partial charge on any atom is -0.478 e. The van der Waals surface area contributed by atoms with Crippen LogP contribution in [0.1, 0.15) is 43.0 Å². The van der Waals surface area contributed by atoms with Crippen LogP contribution in [0.3, 0.4) is 0 Å². The van der Waals surface area contributed by atoms with Gasteiger partial charge in [0.05, 0.1) is 11.3 Å². The fourth-order valence-corrected chi connectivity index (χ4v) is 4.18. The number of carbonyl (C=O) groups is 2. The summed E-state index contributed by atoms with van der Waals surface area (Å²) in [5, 5.41) is 12.3. The molecular weight excluding hydrogens is 356 g/mol. The van der Waals surface area contributed by atoms with E-state index in [0.29, 0.717) is 11.9 Å². The van der Waals surface area contributed by atoms with Gasteiger partial charge in [-0.05, 0) is 56.2 Å². The first-order valence-electron chi connectivity index (χ1n) is 9.63. The molecule has 0 spiro atoms. The Bertz CT molecular complexity index is 906. The molecule has 1 amide bonds. The number of aromatic nitrogens is 1. The summed E-state index contributed by atoms with van der Waals surface area (Å²) in [5.41, 5.74) is 1.82. The Morgan fingerprint density at radius 2 is 1.82 bits per heavy atom. The number of rotatable bonds is 4. The number of hydrogen-bond acceptors (Lipinski definition) is 5. The van der Waals surface area contributed by atoms with Gasteiger partial charge < -0.3 is 20.2 Å². The van der Waals surface area contributed by atoms with Gasteiger partial charge in [-0.2, -0.15) is 0 Å². The third-order valence-electron chi connectivity index (χ3n) is 5.69. The van der Waals surface area contributed by atoms with Crippen molar-refractivity contribution in [2.75, 3.05) is 22.2 Å². The average molecular weight is 380 g/mol. The minimum atomic E-state index is -0.952. The van der Waals surface area contributed by atoms with E-state index in [4.69, 9.17) is 10.1 Å². The number of hydrogen-bond donors (Lipinski definition) is 2. The van der Waals surface area contributed by atoms with Gasteiger partial charge in [0.15, 0.2) is 5.82 Å². The Labute approximate surface area is 164 Å². The van der Waals surface area contributed by atoms with E-state index in [9.17, 15) is 9.59 Å². The van der Waals surface area contributed by atoms with E-state index in [2.05, 4.69) is 10.2 Å². The molecule has 1 aromatic carbocycles. The van der Waals surface area contributed by atoms with Gasteiger partial charge >= 0.3 is 5.97 Å². The van der Waals surface area contributed by atoms with Crippen LogP contribution in [-0.2, 0) is 4.79 Å². The fraction of sp³-hybridized carbons (Fsp3) is 0.381. The first-order chi connectivity index (χ1) is 13.5. The number of carboxylic acid groups (broad SMARTS) is 1. The van der Waals surface area contributed by atoms with Crippen LogP contribution in [0.4, 0.5) is 23.0 Å². The van der Waals surface area contributed by atoms with E-state index in [1.807, 2.05) is 19.1 Å². The first kappa shape index (κ1) is 18.3. The molecule has 2 N–H and O–H groups in total. The van der Waals surface area contributed by atoms with Crippen LogP contribution in [0.25, 0.3) is 0 Å². The summed E-state index contributed by atoms with van der Waals surface area (Å²) in [6.07, 6.45) is 4.52. The molecule has 2 heterocycles. The van der Waals surface area contributed by atoms with E-state index in [1.165, 1.54) is 12.8 Å². The minimum absolute atomic E-state index is 0.0890. The maximum absolute atomic E-state index is 12.7. The number of nitrogens with one attached hydrogen (secondary N) is 1. The molecule has 28 heavy (non-hydrogen) atoms. The second kappa shape index (κ2) is 7.14. The van der Waals surface area contributed by atoms with Crippen molar-refractivity contribution in [2.45, 2.75) is 44.7 Å². The zero-order chi connectivity index (χ0) is 19.8. The number of carbonyl (C=O) groups excluding carboxylic acids is 1. The van der Waals surface area contributed by atoms with E-state index < -0.39 is 5.97 Å². The number of nitrogens with zero attached hydrogens (tertiary/aromatic N) is 3. The van der Waals surface area contributed by atoms with Crippen LogP contribution in [-0.4, -0.2) is 41.1 Å². The number of benzene rings is 1. The predicted molar refractivity (Wildman–Crippen MR) is 109 cm³/mol. The van der Waals surface area contributed by atoms with Crippen LogP contribution in [0, 0.1) is 0 Å². The molecule has 4 rings (SSSR count). The molecule has 7 heteroatoms. The fourth-order valence-electron chi connectivity index (χ4n) is 4.18. The lowest BCUT2D eigenvalue weighted by atomic mass is 10.1. The lowest BCUT2D eigenvalue weighted by Gasteiger charge is -2.42. The second-order valence-electron chi connectivity index (χ2n) is 7.47. The molecule has 1 aliphatic heterocycles. The number of amides is 1. The summed E-state index contributed by atoms with van der Waals surface area (Å²) in [4.78, 5) is 32.4. The molecule has 2 aromatic rings. The normalized spacial score (nSPS) is 19.6. The van der Waals surface area contributed by atoms with Gasteiger partial charge in [-0.25, -0.2) is 9.78 Å². The molecule has 2 aliphatic rings. The monoisotopic (exact) mass is 380 g/mol.